The zero-order valence-corrected chi connectivity index (χ0v) is 59.4. The van der Waals surface area contributed by atoms with Gasteiger partial charge in [-0.05, 0) is 31.6 Å². The molecule has 0 spiro atoms. The summed E-state index contributed by atoms with van der Waals surface area (Å²) in [4.78, 5) is 72.5. The Morgan fingerprint density at radius 2 is 0.517 bits per heavy atom. The molecular formula is C70H136O17P2. The first-order valence-electron chi connectivity index (χ1n) is 36.6. The van der Waals surface area contributed by atoms with E-state index in [0.29, 0.717) is 25.7 Å². The van der Waals surface area contributed by atoms with Crippen molar-refractivity contribution >= 4 is 39.5 Å². The van der Waals surface area contributed by atoms with Crippen LogP contribution in [0.15, 0.2) is 0 Å². The van der Waals surface area contributed by atoms with Crippen LogP contribution in [-0.4, -0.2) is 96.7 Å². The molecule has 17 nitrogen and oxygen atoms in total. The fourth-order valence-electron chi connectivity index (χ4n) is 10.6. The van der Waals surface area contributed by atoms with Gasteiger partial charge in [0.15, 0.2) is 12.2 Å². The summed E-state index contributed by atoms with van der Waals surface area (Å²) in [5.74, 6) is -1.36. The summed E-state index contributed by atoms with van der Waals surface area (Å²) in [6, 6.07) is 0. The van der Waals surface area contributed by atoms with Gasteiger partial charge < -0.3 is 33.8 Å². The second-order valence-electron chi connectivity index (χ2n) is 25.7. The van der Waals surface area contributed by atoms with E-state index in [2.05, 4.69) is 34.6 Å². The number of rotatable bonds is 70. The Morgan fingerprint density at radius 3 is 0.764 bits per heavy atom. The van der Waals surface area contributed by atoms with Gasteiger partial charge in [-0.25, -0.2) is 9.13 Å². The summed E-state index contributed by atoms with van der Waals surface area (Å²) < 4.78 is 68.2. The minimum atomic E-state index is -4.95. The highest BCUT2D eigenvalue weighted by atomic mass is 31.2. The summed E-state index contributed by atoms with van der Waals surface area (Å²) in [7, 11) is -9.89. The van der Waals surface area contributed by atoms with Crippen LogP contribution in [0, 0.1) is 5.92 Å². The Balaban J connectivity index is 5.22. The van der Waals surface area contributed by atoms with Gasteiger partial charge in [-0.2, -0.15) is 0 Å². The number of phosphoric ester groups is 2. The van der Waals surface area contributed by atoms with Crippen LogP contribution in [0.5, 0.6) is 0 Å². The highest BCUT2D eigenvalue weighted by Gasteiger charge is 2.30. The van der Waals surface area contributed by atoms with Gasteiger partial charge in [0.2, 0.25) is 0 Å². The molecule has 0 aliphatic rings. The number of carbonyl (C=O) groups is 4. The number of unbranched alkanes of at least 4 members (excludes halogenated alkanes) is 42. The Hall–Kier alpha value is -1.94. The van der Waals surface area contributed by atoms with Crippen molar-refractivity contribution in [2.75, 3.05) is 39.6 Å². The third-order valence-corrected chi connectivity index (χ3v) is 18.2. The van der Waals surface area contributed by atoms with Gasteiger partial charge in [-0.15, -0.1) is 0 Å². The molecule has 0 amide bonds. The lowest BCUT2D eigenvalue weighted by Crippen LogP contribution is -2.30. The lowest BCUT2D eigenvalue weighted by atomic mass is 10.0. The standard InChI is InChI=1S/C70H136O17P2/c1-6-9-12-15-18-21-23-25-26-27-28-30-36-41-46-51-56-70(75)87-66(60-81-68(73)54-49-44-39-34-32-31-33-37-42-47-52-63(4)5)62-85-89(78,79)83-58-64(71)57-82-88(76,77)84-61-65(59-80-67(72)53-48-43-38-20-17-14-11-8-3)86-69(74)55-50-45-40-35-29-24-22-19-16-13-10-7-2/h63-66,71H,6-62H2,1-5H3,(H,76,77)(H,78,79)/t64-,65+,66+/m0/s1. The molecule has 5 atom stereocenters. The van der Waals surface area contributed by atoms with E-state index in [1.807, 2.05) is 0 Å². The topological polar surface area (TPSA) is 237 Å². The average Bonchev–Trinajstić information content (AvgIpc) is 3.66. The molecule has 0 aromatic heterocycles. The quantitative estimate of drug-likeness (QED) is 0.0222. The zero-order valence-electron chi connectivity index (χ0n) is 57.6. The second kappa shape index (κ2) is 63.5. The summed E-state index contributed by atoms with van der Waals surface area (Å²) in [6.07, 6.45) is 49.9. The van der Waals surface area contributed by atoms with E-state index < -0.39 is 97.5 Å². The zero-order chi connectivity index (χ0) is 65.6. The molecule has 2 unspecified atom stereocenters. The van der Waals surface area contributed by atoms with Crippen molar-refractivity contribution in [3.8, 4) is 0 Å². The summed E-state index contributed by atoms with van der Waals surface area (Å²) >= 11 is 0. The number of hydrogen-bond donors (Lipinski definition) is 3. The van der Waals surface area contributed by atoms with Crippen molar-refractivity contribution in [1.82, 2.24) is 0 Å². The highest BCUT2D eigenvalue weighted by Crippen LogP contribution is 2.45. The first-order chi connectivity index (χ1) is 43.0. The van der Waals surface area contributed by atoms with Crippen molar-refractivity contribution in [2.45, 2.75) is 380 Å². The largest absolute Gasteiger partial charge is 0.472 e. The maximum atomic E-state index is 13.0. The third kappa shape index (κ3) is 64.6. The summed E-state index contributed by atoms with van der Waals surface area (Å²) in [5, 5.41) is 10.6. The minimum Gasteiger partial charge on any atom is -0.462 e. The molecule has 0 radical (unpaired) electrons. The molecule has 0 aromatic carbocycles. The molecule has 0 saturated carbocycles. The Bertz CT molecular complexity index is 1720. The summed E-state index contributed by atoms with van der Waals surface area (Å²) in [5.41, 5.74) is 0. The minimum absolute atomic E-state index is 0.107. The van der Waals surface area contributed by atoms with Crippen LogP contribution in [0.4, 0.5) is 0 Å². The predicted octanol–water partition coefficient (Wildman–Crippen LogP) is 20.1. The molecule has 0 heterocycles. The van der Waals surface area contributed by atoms with Crippen molar-refractivity contribution < 1.29 is 80.2 Å². The second-order valence-corrected chi connectivity index (χ2v) is 28.7. The average molecular weight is 1310 g/mol. The van der Waals surface area contributed by atoms with Gasteiger partial charge in [0.1, 0.15) is 19.3 Å². The third-order valence-electron chi connectivity index (χ3n) is 16.3. The highest BCUT2D eigenvalue weighted by molar-refractivity contribution is 7.47. The lowest BCUT2D eigenvalue weighted by Gasteiger charge is -2.21. The predicted molar refractivity (Wildman–Crippen MR) is 358 cm³/mol. The van der Waals surface area contributed by atoms with Crippen LogP contribution >= 0.6 is 15.6 Å². The van der Waals surface area contributed by atoms with E-state index in [-0.39, 0.29) is 25.7 Å². The monoisotopic (exact) mass is 1310 g/mol. The number of carbonyl (C=O) groups excluding carboxylic acids is 4. The maximum absolute atomic E-state index is 13.0. The molecule has 89 heavy (non-hydrogen) atoms. The van der Waals surface area contributed by atoms with E-state index in [4.69, 9.17) is 37.0 Å². The fraction of sp³-hybridized carbons (Fsp3) is 0.943. The van der Waals surface area contributed by atoms with Gasteiger partial charge in [0.25, 0.3) is 0 Å². The lowest BCUT2D eigenvalue weighted by molar-refractivity contribution is -0.161. The van der Waals surface area contributed by atoms with Gasteiger partial charge in [0, 0.05) is 25.7 Å². The Labute approximate surface area is 543 Å². The van der Waals surface area contributed by atoms with E-state index >= 15 is 0 Å². The van der Waals surface area contributed by atoms with E-state index in [0.717, 1.165) is 102 Å². The number of aliphatic hydroxyl groups excluding tert-OH is 1. The molecule has 0 aromatic rings. The van der Waals surface area contributed by atoms with E-state index in [9.17, 15) is 43.2 Å². The molecule has 3 N–H and O–H groups in total. The van der Waals surface area contributed by atoms with Gasteiger partial charge in [0.05, 0.1) is 26.4 Å². The maximum Gasteiger partial charge on any atom is 0.472 e. The van der Waals surface area contributed by atoms with Crippen LogP contribution in [0.3, 0.4) is 0 Å². The first kappa shape index (κ1) is 87.1. The van der Waals surface area contributed by atoms with E-state index in [1.165, 1.54) is 180 Å². The first-order valence-corrected chi connectivity index (χ1v) is 39.6. The number of phosphoric acid groups is 2. The van der Waals surface area contributed by atoms with Crippen LogP contribution in [0.1, 0.15) is 362 Å². The van der Waals surface area contributed by atoms with Crippen LogP contribution in [-0.2, 0) is 65.4 Å². The molecule has 0 saturated heterocycles. The number of esters is 4. The molecule has 528 valence electrons. The molecule has 0 bridgehead atoms. The van der Waals surface area contributed by atoms with Crippen LogP contribution in [0.25, 0.3) is 0 Å². The van der Waals surface area contributed by atoms with Gasteiger partial charge >= 0.3 is 39.5 Å². The molecular weight excluding hydrogens is 1170 g/mol. The Kier molecular flexibility index (Phi) is 62.1. The number of aliphatic hydroxyl groups is 1. The van der Waals surface area contributed by atoms with Gasteiger partial charge in [-0.1, -0.05) is 311 Å². The smallest absolute Gasteiger partial charge is 0.462 e. The van der Waals surface area contributed by atoms with Crippen molar-refractivity contribution in [3.05, 3.63) is 0 Å². The van der Waals surface area contributed by atoms with E-state index in [1.54, 1.807) is 0 Å². The van der Waals surface area contributed by atoms with Crippen LogP contribution in [0.2, 0.25) is 0 Å². The Morgan fingerprint density at radius 1 is 0.303 bits per heavy atom. The van der Waals surface area contributed by atoms with Crippen molar-refractivity contribution in [3.63, 3.8) is 0 Å². The molecule has 0 aliphatic carbocycles. The van der Waals surface area contributed by atoms with Crippen LogP contribution < -0.4 is 0 Å². The number of ether oxygens (including phenoxy) is 4. The fourth-order valence-corrected chi connectivity index (χ4v) is 12.2. The molecule has 0 rings (SSSR count). The van der Waals surface area contributed by atoms with Crippen molar-refractivity contribution in [2.24, 2.45) is 5.92 Å². The van der Waals surface area contributed by atoms with Gasteiger partial charge in [-0.3, -0.25) is 37.3 Å². The number of hydrogen-bond acceptors (Lipinski definition) is 15. The van der Waals surface area contributed by atoms with Crippen molar-refractivity contribution in [1.29, 1.82) is 0 Å². The molecule has 19 heteroatoms. The normalized spacial score (nSPS) is 14.1. The molecule has 0 fully saturated rings. The summed E-state index contributed by atoms with van der Waals surface area (Å²) in [6.45, 7) is 7.22. The molecule has 0 aliphatic heterocycles. The SMILES string of the molecule is CCCCCCCCCCCCCCCCCCC(=O)O[C@H](COC(=O)CCCCCCCCCCCCC(C)C)COP(=O)(O)OC[C@@H](O)COP(=O)(O)OC[C@@H](COC(=O)CCCCCCCCCC)OC(=O)CCCCCCCCCCCCCC.